The summed E-state index contributed by atoms with van der Waals surface area (Å²) in [7, 11) is 0. The van der Waals surface area contributed by atoms with E-state index in [1.165, 1.54) is 0 Å². The number of aryl methyl sites for hydroxylation is 1. The molecule has 2 heterocycles. The lowest BCUT2D eigenvalue weighted by Crippen LogP contribution is -1.79. The van der Waals surface area contributed by atoms with Gasteiger partial charge in [0.15, 0.2) is 5.82 Å². The summed E-state index contributed by atoms with van der Waals surface area (Å²) in [5, 5.41) is 6.81. The van der Waals surface area contributed by atoms with Gasteiger partial charge in [0.2, 0.25) is 0 Å². The van der Waals surface area contributed by atoms with Gasteiger partial charge >= 0.3 is 0 Å². The Kier molecular flexibility index (Phi) is 2.07. The lowest BCUT2D eigenvalue weighted by atomic mass is 10.2. The second kappa shape index (κ2) is 3.45. The minimum absolute atomic E-state index is 0.814. The summed E-state index contributed by atoms with van der Waals surface area (Å²) in [6, 6.07) is 5.97. The molecule has 16 heavy (non-hydrogen) atoms. The Morgan fingerprint density at radius 2 is 2.19 bits per heavy atom. The van der Waals surface area contributed by atoms with E-state index in [1.54, 1.807) is 6.20 Å². The third-order valence-electron chi connectivity index (χ3n) is 2.50. The van der Waals surface area contributed by atoms with Crippen molar-refractivity contribution in [2.75, 3.05) is 0 Å². The Hall–Kier alpha value is -1.62. The van der Waals surface area contributed by atoms with Gasteiger partial charge in [-0.25, -0.2) is 4.98 Å². The SMILES string of the molecule is Cc1cc(Br)cc2[nH]c(-c3ccn[nH]3)nc12. The van der Waals surface area contributed by atoms with E-state index in [9.17, 15) is 0 Å². The standard InChI is InChI=1S/C11H9BrN4/c1-6-4-7(12)5-9-10(6)15-11(14-9)8-2-3-13-16-8/h2-5H,1H3,(H,13,16)(H,14,15). The molecule has 0 fully saturated rings. The molecule has 0 saturated carbocycles. The Balaban J connectivity index is 2.27. The van der Waals surface area contributed by atoms with E-state index in [0.717, 1.165) is 32.6 Å². The summed E-state index contributed by atoms with van der Waals surface area (Å²) in [6.07, 6.45) is 1.71. The smallest absolute Gasteiger partial charge is 0.156 e. The molecule has 2 aromatic heterocycles. The first-order valence-corrected chi connectivity index (χ1v) is 5.69. The number of fused-ring (bicyclic) bond motifs is 1. The zero-order valence-corrected chi connectivity index (χ0v) is 10.2. The number of hydrogen-bond donors (Lipinski definition) is 2. The number of benzene rings is 1. The summed E-state index contributed by atoms with van der Waals surface area (Å²) in [4.78, 5) is 7.82. The first-order chi connectivity index (χ1) is 7.74. The predicted octanol–water partition coefficient (Wildman–Crippen LogP) is 3.02. The highest BCUT2D eigenvalue weighted by Crippen LogP contribution is 2.24. The highest BCUT2D eigenvalue weighted by molar-refractivity contribution is 9.10. The van der Waals surface area contributed by atoms with Gasteiger partial charge in [-0.3, -0.25) is 5.10 Å². The molecule has 0 aliphatic heterocycles. The number of H-pyrrole nitrogens is 2. The molecule has 0 unspecified atom stereocenters. The van der Waals surface area contributed by atoms with Gasteiger partial charge in [0.1, 0.15) is 5.69 Å². The molecule has 3 rings (SSSR count). The maximum atomic E-state index is 4.55. The van der Waals surface area contributed by atoms with Crippen molar-refractivity contribution in [1.82, 2.24) is 20.2 Å². The van der Waals surface area contributed by atoms with Crippen LogP contribution in [0.4, 0.5) is 0 Å². The number of halogens is 1. The molecule has 0 atom stereocenters. The minimum atomic E-state index is 0.814. The summed E-state index contributed by atoms with van der Waals surface area (Å²) in [5.41, 5.74) is 4.06. The lowest BCUT2D eigenvalue weighted by molar-refractivity contribution is 1.08. The normalized spacial score (nSPS) is 11.1. The molecule has 0 amide bonds. The fourth-order valence-electron chi connectivity index (χ4n) is 1.76. The second-order valence-corrected chi connectivity index (χ2v) is 4.59. The zero-order chi connectivity index (χ0) is 11.1. The predicted molar refractivity (Wildman–Crippen MR) is 66.1 cm³/mol. The van der Waals surface area contributed by atoms with Gasteiger partial charge in [0.05, 0.1) is 11.0 Å². The molecule has 0 spiro atoms. The first-order valence-electron chi connectivity index (χ1n) is 4.89. The van der Waals surface area contributed by atoms with Crippen molar-refractivity contribution in [1.29, 1.82) is 0 Å². The van der Waals surface area contributed by atoms with Crippen LogP contribution in [0.2, 0.25) is 0 Å². The Morgan fingerprint density at radius 1 is 1.31 bits per heavy atom. The molecule has 0 radical (unpaired) electrons. The number of imidazole rings is 1. The minimum Gasteiger partial charge on any atom is -0.337 e. The van der Waals surface area contributed by atoms with E-state index in [-0.39, 0.29) is 0 Å². The van der Waals surface area contributed by atoms with E-state index >= 15 is 0 Å². The monoisotopic (exact) mass is 276 g/mol. The van der Waals surface area contributed by atoms with Crippen LogP contribution in [0.5, 0.6) is 0 Å². The van der Waals surface area contributed by atoms with Crippen LogP contribution in [0, 0.1) is 6.92 Å². The third-order valence-corrected chi connectivity index (χ3v) is 2.96. The zero-order valence-electron chi connectivity index (χ0n) is 8.58. The van der Waals surface area contributed by atoms with Crippen molar-refractivity contribution in [3.63, 3.8) is 0 Å². The maximum absolute atomic E-state index is 4.55. The van der Waals surface area contributed by atoms with Crippen molar-refractivity contribution in [3.8, 4) is 11.5 Å². The van der Waals surface area contributed by atoms with Gasteiger partial charge in [0.25, 0.3) is 0 Å². The molecule has 0 bridgehead atoms. The fraction of sp³-hybridized carbons (Fsp3) is 0.0909. The molecule has 1 aromatic carbocycles. The number of hydrogen-bond acceptors (Lipinski definition) is 2. The van der Waals surface area contributed by atoms with Gasteiger partial charge in [-0.1, -0.05) is 15.9 Å². The van der Waals surface area contributed by atoms with E-state index < -0.39 is 0 Å². The van der Waals surface area contributed by atoms with Crippen LogP contribution in [-0.4, -0.2) is 20.2 Å². The van der Waals surface area contributed by atoms with Crippen LogP contribution < -0.4 is 0 Å². The summed E-state index contributed by atoms with van der Waals surface area (Å²) in [5.74, 6) is 0.814. The highest BCUT2D eigenvalue weighted by Gasteiger charge is 2.08. The summed E-state index contributed by atoms with van der Waals surface area (Å²) < 4.78 is 1.05. The second-order valence-electron chi connectivity index (χ2n) is 3.67. The van der Waals surface area contributed by atoms with Crippen LogP contribution in [-0.2, 0) is 0 Å². The van der Waals surface area contributed by atoms with Crippen molar-refractivity contribution in [3.05, 3.63) is 34.4 Å². The fourth-order valence-corrected chi connectivity index (χ4v) is 2.33. The lowest BCUT2D eigenvalue weighted by Gasteiger charge is -1.94. The molecule has 5 heteroatoms. The molecule has 80 valence electrons. The van der Waals surface area contributed by atoms with Crippen molar-refractivity contribution in [2.45, 2.75) is 6.92 Å². The Bertz CT molecular complexity index is 639. The van der Waals surface area contributed by atoms with Crippen molar-refractivity contribution >= 4 is 27.0 Å². The van der Waals surface area contributed by atoms with Crippen LogP contribution in [0.15, 0.2) is 28.9 Å². The maximum Gasteiger partial charge on any atom is 0.156 e. The van der Waals surface area contributed by atoms with Crippen molar-refractivity contribution < 1.29 is 0 Å². The Labute approximate surface area is 100 Å². The number of aromatic amines is 2. The highest BCUT2D eigenvalue weighted by atomic mass is 79.9. The average Bonchev–Trinajstić information content (AvgIpc) is 2.82. The first kappa shape index (κ1) is 9.59. The molecular formula is C11H9BrN4. The van der Waals surface area contributed by atoms with Crippen LogP contribution in [0.25, 0.3) is 22.6 Å². The molecule has 0 aliphatic rings. The quantitative estimate of drug-likeness (QED) is 0.718. The molecule has 0 saturated heterocycles. The average molecular weight is 277 g/mol. The summed E-state index contributed by atoms with van der Waals surface area (Å²) >= 11 is 3.47. The molecule has 4 nitrogen and oxygen atoms in total. The summed E-state index contributed by atoms with van der Waals surface area (Å²) in [6.45, 7) is 2.05. The number of rotatable bonds is 1. The molecule has 0 aliphatic carbocycles. The number of nitrogens with one attached hydrogen (secondary N) is 2. The van der Waals surface area contributed by atoms with E-state index in [4.69, 9.17) is 0 Å². The largest absolute Gasteiger partial charge is 0.337 e. The van der Waals surface area contributed by atoms with Crippen LogP contribution in [0.1, 0.15) is 5.56 Å². The third kappa shape index (κ3) is 1.44. The van der Waals surface area contributed by atoms with Crippen LogP contribution in [0.3, 0.4) is 0 Å². The van der Waals surface area contributed by atoms with E-state index in [2.05, 4.69) is 42.2 Å². The van der Waals surface area contributed by atoms with Gasteiger partial charge in [0, 0.05) is 10.7 Å². The van der Waals surface area contributed by atoms with E-state index in [1.807, 2.05) is 19.1 Å². The van der Waals surface area contributed by atoms with Crippen molar-refractivity contribution in [2.24, 2.45) is 0 Å². The number of nitrogens with zero attached hydrogens (tertiary/aromatic N) is 2. The molecule has 2 N–H and O–H groups in total. The van der Waals surface area contributed by atoms with Gasteiger partial charge < -0.3 is 4.98 Å². The van der Waals surface area contributed by atoms with Gasteiger partial charge in [-0.05, 0) is 30.7 Å². The van der Waals surface area contributed by atoms with Gasteiger partial charge in [-0.2, -0.15) is 5.10 Å². The number of aromatic nitrogens is 4. The molecular weight excluding hydrogens is 268 g/mol. The Morgan fingerprint density at radius 3 is 2.94 bits per heavy atom. The topological polar surface area (TPSA) is 57.4 Å². The molecule has 3 aromatic rings. The van der Waals surface area contributed by atoms with E-state index in [0.29, 0.717) is 0 Å². The van der Waals surface area contributed by atoms with Gasteiger partial charge in [-0.15, -0.1) is 0 Å². The van der Waals surface area contributed by atoms with Crippen LogP contribution >= 0.6 is 15.9 Å².